The third-order valence-electron chi connectivity index (χ3n) is 2.70. The summed E-state index contributed by atoms with van der Waals surface area (Å²) in [5.74, 6) is 0. The number of rotatable bonds is 3. The largest absolute Gasteiger partial charge is 0.428 e. The fourth-order valence-electron chi connectivity index (χ4n) is 1.73. The second-order valence-corrected chi connectivity index (χ2v) is 4.16. The van der Waals surface area contributed by atoms with E-state index in [1.54, 1.807) is 24.3 Å². The van der Waals surface area contributed by atoms with Gasteiger partial charge >= 0.3 is 6.18 Å². The molecule has 102 valence electrons. The zero-order valence-corrected chi connectivity index (χ0v) is 9.87. The molecule has 0 aliphatic carbocycles. The van der Waals surface area contributed by atoms with E-state index in [0.29, 0.717) is 5.56 Å². The Labute approximate surface area is 108 Å². The molecule has 2 N–H and O–H groups in total. The average Bonchev–Trinajstić information content (AvgIpc) is 2.86. The van der Waals surface area contributed by atoms with E-state index in [1.807, 2.05) is 6.07 Å². The highest BCUT2D eigenvalue weighted by atomic mass is 19.4. The Kier molecular flexibility index (Phi) is 3.93. The minimum Gasteiger partial charge on any atom is -0.382 e. The third kappa shape index (κ3) is 3.59. The van der Waals surface area contributed by atoms with Gasteiger partial charge in [0, 0.05) is 18.8 Å². The first kappa shape index (κ1) is 13.6. The molecule has 0 spiro atoms. The molecule has 2 rings (SSSR count). The Hall–Kier alpha value is -1.78. The molecule has 2 atom stereocenters. The number of nitriles is 1. The van der Waals surface area contributed by atoms with Crippen LogP contribution in [0.25, 0.3) is 0 Å². The summed E-state index contributed by atoms with van der Waals surface area (Å²) < 4.78 is 41.9. The highest BCUT2D eigenvalue weighted by Crippen LogP contribution is 2.25. The molecule has 7 heteroatoms. The molecule has 0 amide bonds. The van der Waals surface area contributed by atoms with Gasteiger partial charge in [-0.15, -0.1) is 0 Å². The van der Waals surface area contributed by atoms with Crippen LogP contribution in [-0.2, 0) is 4.74 Å². The molecule has 1 aliphatic heterocycles. The summed E-state index contributed by atoms with van der Waals surface area (Å²) in [6, 6.07) is 8.65. The Morgan fingerprint density at radius 3 is 2.58 bits per heavy atom. The third-order valence-corrected chi connectivity index (χ3v) is 2.70. The first-order chi connectivity index (χ1) is 8.99. The van der Waals surface area contributed by atoms with Crippen LogP contribution in [0.15, 0.2) is 24.3 Å². The molecule has 0 radical (unpaired) electrons. The molecule has 4 nitrogen and oxygen atoms in total. The van der Waals surface area contributed by atoms with Crippen molar-refractivity contribution < 1.29 is 17.9 Å². The van der Waals surface area contributed by atoms with Gasteiger partial charge in [0.15, 0.2) is 0 Å². The average molecular weight is 271 g/mol. The lowest BCUT2D eigenvalue weighted by molar-refractivity contribution is -0.219. The molecule has 1 heterocycles. The molecule has 19 heavy (non-hydrogen) atoms. The van der Waals surface area contributed by atoms with Crippen molar-refractivity contribution in [2.75, 3.05) is 18.4 Å². The van der Waals surface area contributed by atoms with E-state index in [9.17, 15) is 13.2 Å². The van der Waals surface area contributed by atoms with Gasteiger partial charge in [-0.2, -0.15) is 18.4 Å². The van der Waals surface area contributed by atoms with Gasteiger partial charge < -0.3 is 10.1 Å². The molecule has 1 aromatic carbocycles. The van der Waals surface area contributed by atoms with Crippen LogP contribution in [-0.4, -0.2) is 31.6 Å². The van der Waals surface area contributed by atoms with Crippen LogP contribution in [0.5, 0.6) is 0 Å². The van der Waals surface area contributed by atoms with Crippen LogP contribution in [0.1, 0.15) is 5.56 Å². The number of anilines is 1. The maximum absolute atomic E-state index is 12.3. The maximum Gasteiger partial charge on any atom is 0.428 e. The van der Waals surface area contributed by atoms with Crippen molar-refractivity contribution in [2.45, 2.75) is 18.5 Å². The normalized spacial score (nSPS) is 23.1. The predicted octanol–water partition coefficient (Wildman–Crippen LogP) is 1.85. The van der Waals surface area contributed by atoms with Crippen LogP contribution in [0.4, 0.5) is 18.9 Å². The van der Waals surface area contributed by atoms with Gasteiger partial charge in [0.05, 0.1) is 17.7 Å². The van der Waals surface area contributed by atoms with Gasteiger partial charge in [0.1, 0.15) is 0 Å². The number of benzene rings is 1. The Balaban J connectivity index is 1.82. The summed E-state index contributed by atoms with van der Waals surface area (Å²) in [6.45, 7) is 0.416. The molecular weight excluding hydrogens is 259 g/mol. The van der Waals surface area contributed by atoms with Crippen LogP contribution in [0, 0.1) is 11.3 Å². The van der Waals surface area contributed by atoms with Crippen LogP contribution in [0.3, 0.4) is 0 Å². The van der Waals surface area contributed by atoms with E-state index in [0.717, 1.165) is 5.69 Å². The topological polar surface area (TPSA) is 57.1 Å². The summed E-state index contributed by atoms with van der Waals surface area (Å²) in [5.41, 5.74) is 1.26. The molecular formula is C12H12F3N3O. The Morgan fingerprint density at radius 1 is 1.37 bits per heavy atom. The second-order valence-electron chi connectivity index (χ2n) is 4.16. The highest BCUT2D eigenvalue weighted by molar-refractivity contribution is 5.47. The number of nitrogens with zero attached hydrogens (tertiary/aromatic N) is 1. The summed E-state index contributed by atoms with van der Waals surface area (Å²) >= 11 is 0. The first-order valence-electron chi connectivity index (χ1n) is 5.68. The lowest BCUT2D eigenvalue weighted by Gasteiger charge is -2.16. The fraction of sp³-hybridized carbons (Fsp3) is 0.417. The van der Waals surface area contributed by atoms with E-state index >= 15 is 0 Å². The fourth-order valence-corrected chi connectivity index (χ4v) is 1.73. The number of ether oxygens (including phenoxy) is 1. The summed E-state index contributed by atoms with van der Waals surface area (Å²) in [7, 11) is 0. The number of hydrogen-bond donors (Lipinski definition) is 2. The zero-order chi connectivity index (χ0) is 13.9. The second kappa shape index (κ2) is 5.47. The van der Waals surface area contributed by atoms with E-state index < -0.39 is 18.5 Å². The predicted molar refractivity (Wildman–Crippen MR) is 62.4 cm³/mol. The van der Waals surface area contributed by atoms with Crippen molar-refractivity contribution in [2.24, 2.45) is 0 Å². The number of nitrogens with one attached hydrogen (secondary N) is 2. The molecule has 0 saturated carbocycles. The molecule has 0 unspecified atom stereocenters. The minimum absolute atomic E-state index is 0.146. The molecule has 1 fully saturated rings. The zero-order valence-electron chi connectivity index (χ0n) is 9.87. The molecule has 0 bridgehead atoms. The van der Waals surface area contributed by atoms with Crippen molar-refractivity contribution in [3.8, 4) is 6.07 Å². The number of alkyl halides is 3. The van der Waals surface area contributed by atoms with Gasteiger partial charge in [-0.05, 0) is 24.3 Å². The molecule has 1 saturated heterocycles. The quantitative estimate of drug-likeness (QED) is 0.881. The minimum atomic E-state index is -4.39. The monoisotopic (exact) mass is 271 g/mol. The molecule has 1 aromatic rings. The van der Waals surface area contributed by atoms with E-state index in [4.69, 9.17) is 10.00 Å². The lowest BCUT2D eigenvalue weighted by atomic mass is 10.2. The van der Waals surface area contributed by atoms with E-state index in [-0.39, 0.29) is 13.1 Å². The van der Waals surface area contributed by atoms with Crippen molar-refractivity contribution in [1.29, 1.82) is 5.26 Å². The summed E-state index contributed by atoms with van der Waals surface area (Å²) in [4.78, 5) is 0. The van der Waals surface area contributed by atoms with Crippen molar-refractivity contribution in [3.05, 3.63) is 29.8 Å². The molecule has 0 aromatic heterocycles. The molecule has 1 aliphatic rings. The van der Waals surface area contributed by atoms with E-state index in [2.05, 4.69) is 10.6 Å². The van der Waals surface area contributed by atoms with Crippen molar-refractivity contribution in [3.63, 3.8) is 0 Å². The first-order valence-corrected chi connectivity index (χ1v) is 5.68. The van der Waals surface area contributed by atoms with E-state index in [1.165, 1.54) is 0 Å². The van der Waals surface area contributed by atoms with Crippen molar-refractivity contribution >= 4 is 5.69 Å². The van der Waals surface area contributed by atoms with Gasteiger partial charge in [0.25, 0.3) is 0 Å². The van der Waals surface area contributed by atoms with Gasteiger partial charge in [-0.25, -0.2) is 0 Å². The van der Waals surface area contributed by atoms with Gasteiger partial charge in [-0.1, -0.05) is 0 Å². The number of hydrogen-bond acceptors (Lipinski definition) is 4. The van der Waals surface area contributed by atoms with Crippen LogP contribution < -0.4 is 10.6 Å². The maximum atomic E-state index is 12.3. The van der Waals surface area contributed by atoms with Crippen LogP contribution >= 0.6 is 0 Å². The SMILES string of the molecule is N#Cc1ccc(NC[C@@H]2CN[C@@H](C(F)(F)F)O2)cc1. The van der Waals surface area contributed by atoms with Crippen LogP contribution in [0.2, 0.25) is 0 Å². The highest BCUT2D eigenvalue weighted by Gasteiger charge is 2.45. The standard InChI is InChI=1S/C12H12F3N3O/c13-12(14,15)11-18-7-10(19-11)6-17-9-3-1-8(5-16)2-4-9/h1-4,10-11,17-18H,6-7H2/t10-,11-/m1/s1. The van der Waals surface area contributed by atoms with Crippen molar-refractivity contribution in [1.82, 2.24) is 5.32 Å². The number of halogens is 3. The lowest BCUT2D eigenvalue weighted by Crippen LogP contribution is -2.38. The van der Waals surface area contributed by atoms with Gasteiger partial charge in [-0.3, -0.25) is 5.32 Å². The summed E-state index contributed by atoms with van der Waals surface area (Å²) in [6.07, 6.45) is -6.81. The van der Waals surface area contributed by atoms with Gasteiger partial charge in [0.2, 0.25) is 6.23 Å². The summed E-state index contributed by atoms with van der Waals surface area (Å²) in [5, 5.41) is 13.9. The smallest absolute Gasteiger partial charge is 0.382 e. The Bertz CT molecular complexity index is 467. The Morgan fingerprint density at radius 2 is 2.05 bits per heavy atom.